The molecule has 0 saturated carbocycles. The van der Waals surface area contributed by atoms with Crippen LogP contribution in [0.3, 0.4) is 0 Å². The van der Waals surface area contributed by atoms with E-state index >= 15 is 0 Å². The van der Waals surface area contributed by atoms with Crippen LogP contribution in [0.2, 0.25) is 0 Å². The zero-order valence-electron chi connectivity index (χ0n) is 4.39. The summed E-state index contributed by atoms with van der Waals surface area (Å²) in [6, 6.07) is 0. The van der Waals surface area contributed by atoms with Gasteiger partial charge in [-0.05, 0) is 22.9 Å². The average Bonchev–Trinajstić information content (AvgIpc) is 1.62. The van der Waals surface area contributed by atoms with Gasteiger partial charge in [0.2, 0.25) is 0 Å². The summed E-state index contributed by atoms with van der Waals surface area (Å²) in [5.41, 5.74) is 0. The summed E-state index contributed by atoms with van der Waals surface area (Å²) < 4.78 is 44.4. The first-order valence-electron chi connectivity index (χ1n) is 1.94. The molecule has 0 heterocycles. The van der Waals surface area contributed by atoms with Gasteiger partial charge < -0.3 is 0 Å². The molecule has 0 spiro atoms. The average molecular weight is 207 g/mol. The van der Waals surface area contributed by atoms with E-state index in [0.29, 0.717) is 0 Å². The lowest BCUT2D eigenvalue weighted by Gasteiger charge is -2.02. The normalized spacial score (nSPS) is 15.3. The highest BCUT2D eigenvalue weighted by Gasteiger charge is 2.33. The molecule has 0 saturated heterocycles. The fraction of sp³-hybridized carbons (Fsp3) is 0.500. The SMILES string of the molecule is C/C(F)=C(\Br)C(F)(F)F. The number of hydrogen-bond donors (Lipinski definition) is 0. The molecule has 9 heavy (non-hydrogen) atoms. The van der Waals surface area contributed by atoms with Gasteiger partial charge in [-0.15, -0.1) is 0 Å². The van der Waals surface area contributed by atoms with E-state index in [0.717, 1.165) is 6.92 Å². The largest absolute Gasteiger partial charge is 0.425 e. The topological polar surface area (TPSA) is 0 Å². The Morgan fingerprint density at radius 1 is 1.33 bits per heavy atom. The minimum absolute atomic E-state index is 0.734. The van der Waals surface area contributed by atoms with Gasteiger partial charge in [0.15, 0.2) is 0 Å². The first-order chi connectivity index (χ1) is 3.85. The van der Waals surface area contributed by atoms with Crippen molar-refractivity contribution in [1.82, 2.24) is 0 Å². The number of rotatable bonds is 0. The molecule has 0 aliphatic carbocycles. The van der Waals surface area contributed by atoms with Crippen molar-refractivity contribution < 1.29 is 17.6 Å². The van der Waals surface area contributed by atoms with E-state index in [9.17, 15) is 17.6 Å². The Morgan fingerprint density at radius 2 is 1.67 bits per heavy atom. The van der Waals surface area contributed by atoms with E-state index in [2.05, 4.69) is 0 Å². The van der Waals surface area contributed by atoms with Crippen molar-refractivity contribution in [2.75, 3.05) is 0 Å². The molecule has 54 valence electrons. The fourth-order valence-electron chi connectivity index (χ4n) is 0.195. The Hall–Kier alpha value is -0.0600. The van der Waals surface area contributed by atoms with Gasteiger partial charge in [-0.2, -0.15) is 13.2 Å². The van der Waals surface area contributed by atoms with E-state index < -0.39 is 16.5 Å². The van der Waals surface area contributed by atoms with Gasteiger partial charge in [0.1, 0.15) is 10.3 Å². The van der Waals surface area contributed by atoms with Gasteiger partial charge in [0.05, 0.1) is 0 Å². The highest BCUT2D eigenvalue weighted by molar-refractivity contribution is 9.11. The summed E-state index contributed by atoms with van der Waals surface area (Å²) in [7, 11) is 0. The molecular weight excluding hydrogens is 204 g/mol. The van der Waals surface area contributed by atoms with Crippen molar-refractivity contribution in [3.8, 4) is 0 Å². The summed E-state index contributed by atoms with van der Waals surface area (Å²) in [6.07, 6.45) is -4.60. The van der Waals surface area contributed by atoms with Crippen LogP contribution < -0.4 is 0 Å². The molecule has 0 bridgehead atoms. The summed E-state index contributed by atoms with van der Waals surface area (Å²) >= 11 is 2.04. The predicted octanol–water partition coefficient (Wildman–Crippen LogP) is 3.14. The molecule has 0 amide bonds. The molecule has 0 aliphatic heterocycles. The van der Waals surface area contributed by atoms with Crippen molar-refractivity contribution in [1.29, 1.82) is 0 Å². The summed E-state index contributed by atoms with van der Waals surface area (Å²) in [5.74, 6) is -1.26. The number of allylic oxidation sites excluding steroid dienone is 2. The lowest BCUT2D eigenvalue weighted by molar-refractivity contribution is -0.0844. The van der Waals surface area contributed by atoms with Crippen LogP contribution >= 0.6 is 15.9 Å². The Bertz CT molecular complexity index is 130. The molecule has 0 nitrogen and oxygen atoms in total. The highest BCUT2D eigenvalue weighted by atomic mass is 79.9. The number of hydrogen-bond acceptors (Lipinski definition) is 0. The number of alkyl halides is 3. The van der Waals surface area contributed by atoms with Crippen LogP contribution in [-0.2, 0) is 0 Å². The Kier molecular flexibility index (Phi) is 2.66. The van der Waals surface area contributed by atoms with Crippen LogP contribution in [0.4, 0.5) is 17.6 Å². The highest BCUT2D eigenvalue weighted by Crippen LogP contribution is 2.32. The molecule has 0 radical (unpaired) electrons. The third-order valence-electron chi connectivity index (χ3n) is 0.551. The van der Waals surface area contributed by atoms with Crippen LogP contribution in [0.15, 0.2) is 10.3 Å². The molecule has 0 N–H and O–H groups in total. The van der Waals surface area contributed by atoms with Crippen LogP contribution in [0.5, 0.6) is 0 Å². The van der Waals surface area contributed by atoms with Crippen molar-refractivity contribution in [2.45, 2.75) is 13.1 Å². The van der Waals surface area contributed by atoms with Crippen molar-refractivity contribution in [3.63, 3.8) is 0 Å². The van der Waals surface area contributed by atoms with Gasteiger partial charge in [0.25, 0.3) is 0 Å². The number of halogens is 5. The van der Waals surface area contributed by atoms with Gasteiger partial charge in [-0.25, -0.2) is 4.39 Å². The minimum Gasteiger partial charge on any atom is -0.211 e. The zero-order valence-corrected chi connectivity index (χ0v) is 5.98. The lowest BCUT2D eigenvalue weighted by Crippen LogP contribution is -2.07. The third kappa shape index (κ3) is 2.84. The third-order valence-corrected chi connectivity index (χ3v) is 1.55. The van der Waals surface area contributed by atoms with Crippen LogP contribution in [-0.4, -0.2) is 6.18 Å². The molecule has 0 aromatic rings. The molecule has 0 atom stereocenters. The smallest absolute Gasteiger partial charge is 0.211 e. The molecular formula is C4H3BrF4. The molecule has 0 aromatic carbocycles. The second-order valence-corrected chi connectivity index (χ2v) is 2.14. The second kappa shape index (κ2) is 2.68. The van der Waals surface area contributed by atoms with Gasteiger partial charge in [-0.3, -0.25) is 0 Å². The maximum absolute atomic E-state index is 11.7. The first-order valence-corrected chi connectivity index (χ1v) is 2.74. The molecule has 0 unspecified atom stereocenters. The zero-order chi connectivity index (χ0) is 7.65. The van der Waals surface area contributed by atoms with E-state index in [1.54, 1.807) is 0 Å². The van der Waals surface area contributed by atoms with Gasteiger partial charge in [0, 0.05) is 0 Å². The molecule has 0 aromatic heterocycles. The summed E-state index contributed by atoms with van der Waals surface area (Å²) in [6.45, 7) is 0.734. The van der Waals surface area contributed by atoms with Gasteiger partial charge in [-0.1, -0.05) is 0 Å². The summed E-state index contributed by atoms with van der Waals surface area (Å²) in [4.78, 5) is 0. The van der Waals surface area contributed by atoms with E-state index in [4.69, 9.17) is 0 Å². The van der Waals surface area contributed by atoms with Crippen molar-refractivity contribution in [2.24, 2.45) is 0 Å². The Balaban J connectivity index is 4.40. The lowest BCUT2D eigenvalue weighted by atomic mass is 10.5. The Morgan fingerprint density at radius 3 is 1.67 bits per heavy atom. The van der Waals surface area contributed by atoms with Crippen LogP contribution in [0.25, 0.3) is 0 Å². The molecule has 0 aliphatic rings. The predicted molar refractivity (Wildman–Crippen MR) is 28.8 cm³/mol. The molecule has 5 heteroatoms. The first kappa shape index (κ1) is 8.94. The van der Waals surface area contributed by atoms with Crippen molar-refractivity contribution >= 4 is 15.9 Å². The standard InChI is InChI=1S/C4H3BrF4/c1-2(6)3(5)4(7,8)9/h1H3/b3-2+. The maximum Gasteiger partial charge on any atom is 0.425 e. The van der Waals surface area contributed by atoms with Gasteiger partial charge >= 0.3 is 6.18 Å². The summed E-state index contributed by atoms with van der Waals surface area (Å²) in [5, 5.41) is 0. The van der Waals surface area contributed by atoms with Crippen LogP contribution in [0.1, 0.15) is 6.92 Å². The molecule has 0 rings (SSSR count). The maximum atomic E-state index is 11.7. The molecule has 0 fully saturated rings. The minimum atomic E-state index is -4.60. The van der Waals surface area contributed by atoms with E-state index in [1.807, 2.05) is 15.9 Å². The second-order valence-electron chi connectivity index (χ2n) is 1.35. The fourth-order valence-corrected chi connectivity index (χ4v) is 0.195. The van der Waals surface area contributed by atoms with Crippen molar-refractivity contribution in [3.05, 3.63) is 10.3 Å². The van der Waals surface area contributed by atoms with E-state index in [1.165, 1.54) is 0 Å². The quantitative estimate of drug-likeness (QED) is 0.535. The Labute approximate surface area is 57.7 Å². The monoisotopic (exact) mass is 206 g/mol. The van der Waals surface area contributed by atoms with E-state index in [-0.39, 0.29) is 0 Å². The van der Waals surface area contributed by atoms with Crippen LogP contribution in [0, 0.1) is 0 Å².